The highest BCUT2D eigenvalue weighted by Gasteiger charge is 2.20. The van der Waals surface area contributed by atoms with E-state index in [2.05, 4.69) is 10.6 Å². The fourth-order valence-corrected chi connectivity index (χ4v) is 3.84. The van der Waals surface area contributed by atoms with E-state index in [0.717, 1.165) is 15.6 Å². The maximum absolute atomic E-state index is 12.3. The minimum absolute atomic E-state index is 0.381. The molecule has 0 atom stereocenters. The molecular formula is C19H17ClN2O4S. The number of ether oxygens (including phenoxy) is 2. The summed E-state index contributed by atoms with van der Waals surface area (Å²) in [5.41, 5.74) is 2.08. The van der Waals surface area contributed by atoms with Crippen LogP contribution in [0.25, 0.3) is 10.1 Å². The van der Waals surface area contributed by atoms with Crippen LogP contribution >= 0.6 is 22.9 Å². The summed E-state index contributed by atoms with van der Waals surface area (Å²) in [5, 5.41) is 6.80. The number of anilines is 2. The van der Waals surface area contributed by atoms with Crippen LogP contribution < -0.4 is 15.4 Å². The number of urea groups is 1. The lowest BCUT2D eigenvalue weighted by atomic mass is 10.2. The van der Waals surface area contributed by atoms with Gasteiger partial charge in [-0.1, -0.05) is 17.7 Å². The number of esters is 1. The highest BCUT2D eigenvalue weighted by molar-refractivity contribution is 7.21. The molecular weight excluding hydrogens is 388 g/mol. The van der Waals surface area contributed by atoms with Gasteiger partial charge in [0.25, 0.3) is 0 Å². The summed E-state index contributed by atoms with van der Waals surface area (Å²) < 4.78 is 11.0. The van der Waals surface area contributed by atoms with Gasteiger partial charge in [0.2, 0.25) is 0 Å². The smallest absolute Gasteiger partial charge is 0.351 e. The fraction of sp³-hybridized carbons (Fsp3) is 0.158. The number of halogens is 1. The van der Waals surface area contributed by atoms with Crippen molar-refractivity contribution >= 4 is 56.4 Å². The number of hydrogen-bond acceptors (Lipinski definition) is 5. The SMILES string of the molecule is COC(=O)c1sc2ccc(NC(=O)Nc3cc(Cl)ccc3C)cc2c1OC. The number of hydrogen-bond donors (Lipinski definition) is 2. The van der Waals surface area contributed by atoms with Gasteiger partial charge in [-0.3, -0.25) is 0 Å². The third-order valence-electron chi connectivity index (χ3n) is 3.92. The Balaban J connectivity index is 1.85. The minimum Gasteiger partial charge on any atom is -0.494 e. The second kappa shape index (κ2) is 7.85. The number of amides is 2. The first-order valence-electron chi connectivity index (χ1n) is 7.96. The molecule has 0 fully saturated rings. The van der Waals surface area contributed by atoms with Crippen molar-refractivity contribution in [2.75, 3.05) is 24.9 Å². The number of thiophene rings is 1. The largest absolute Gasteiger partial charge is 0.494 e. The molecule has 0 aliphatic heterocycles. The molecule has 0 aliphatic rings. The zero-order chi connectivity index (χ0) is 19.6. The lowest BCUT2D eigenvalue weighted by Gasteiger charge is -2.10. The Bertz CT molecular complexity index is 1030. The monoisotopic (exact) mass is 404 g/mol. The van der Waals surface area contributed by atoms with Crippen molar-refractivity contribution in [1.82, 2.24) is 0 Å². The normalized spacial score (nSPS) is 10.5. The summed E-state index contributed by atoms with van der Waals surface area (Å²) in [5.74, 6) is -0.0340. The molecule has 2 amide bonds. The Morgan fingerprint density at radius 2 is 1.85 bits per heavy atom. The summed E-state index contributed by atoms with van der Waals surface area (Å²) in [7, 11) is 2.81. The molecule has 2 aromatic carbocycles. The summed E-state index contributed by atoms with van der Waals surface area (Å²) in [4.78, 5) is 24.6. The quantitative estimate of drug-likeness (QED) is 0.578. The number of carbonyl (C=O) groups is 2. The molecule has 3 rings (SSSR count). The summed E-state index contributed by atoms with van der Waals surface area (Å²) in [6, 6.07) is 10.2. The zero-order valence-electron chi connectivity index (χ0n) is 14.9. The molecule has 1 aromatic heterocycles. The summed E-state index contributed by atoms with van der Waals surface area (Å²) in [6.07, 6.45) is 0. The summed E-state index contributed by atoms with van der Waals surface area (Å²) in [6.45, 7) is 1.88. The van der Waals surface area contributed by atoms with E-state index < -0.39 is 12.0 Å². The van der Waals surface area contributed by atoms with Crippen molar-refractivity contribution in [2.24, 2.45) is 0 Å². The Morgan fingerprint density at radius 1 is 1.07 bits per heavy atom. The van der Waals surface area contributed by atoms with Crippen molar-refractivity contribution in [1.29, 1.82) is 0 Å². The Kier molecular flexibility index (Phi) is 5.53. The molecule has 3 aromatic rings. The van der Waals surface area contributed by atoms with E-state index in [4.69, 9.17) is 21.1 Å². The lowest BCUT2D eigenvalue weighted by molar-refractivity contribution is 0.0603. The molecule has 0 saturated heterocycles. The number of fused-ring (bicyclic) bond motifs is 1. The first-order chi connectivity index (χ1) is 12.9. The van der Waals surface area contributed by atoms with Crippen molar-refractivity contribution in [2.45, 2.75) is 6.92 Å². The van der Waals surface area contributed by atoms with Gasteiger partial charge in [0, 0.05) is 26.5 Å². The maximum Gasteiger partial charge on any atom is 0.351 e. The second-order valence-corrected chi connectivity index (χ2v) is 7.19. The minimum atomic E-state index is -0.461. The van der Waals surface area contributed by atoms with E-state index in [9.17, 15) is 9.59 Å². The molecule has 6 nitrogen and oxygen atoms in total. The van der Waals surface area contributed by atoms with Crippen molar-refractivity contribution in [3.8, 4) is 5.75 Å². The average molecular weight is 405 g/mol. The third-order valence-corrected chi connectivity index (χ3v) is 5.29. The molecule has 0 saturated carbocycles. The van der Waals surface area contributed by atoms with Crippen LogP contribution in [0.1, 0.15) is 15.2 Å². The third kappa shape index (κ3) is 3.99. The van der Waals surface area contributed by atoms with Crippen LogP contribution in [0, 0.1) is 6.92 Å². The van der Waals surface area contributed by atoms with E-state index in [1.807, 2.05) is 19.1 Å². The first kappa shape index (κ1) is 19.0. The van der Waals surface area contributed by atoms with E-state index in [-0.39, 0.29) is 0 Å². The zero-order valence-corrected chi connectivity index (χ0v) is 16.5. The molecule has 8 heteroatoms. The van der Waals surface area contributed by atoms with E-state index in [1.54, 1.807) is 24.3 Å². The standard InChI is InChI=1S/C19H17ClN2O4S/c1-10-4-5-11(20)8-14(10)22-19(24)21-12-6-7-15-13(9-12)16(25-2)17(27-15)18(23)26-3/h4-9H,1-3H3,(H2,21,22,24). The number of benzene rings is 2. The van der Waals surface area contributed by atoms with Gasteiger partial charge in [0.05, 0.1) is 14.2 Å². The average Bonchev–Trinajstić information content (AvgIpc) is 3.01. The van der Waals surface area contributed by atoms with E-state index in [1.165, 1.54) is 25.6 Å². The molecule has 27 heavy (non-hydrogen) atoms. The topological polar surface area (TPSA) is 76.7 Å². The second-order valence-electron chi connectivity index (χ2n) is 5.71. The van der Waals surface area contributed by atoms with Crippen LogP contribution in [0.4, 0.5) is 16.2 Å². The van der Waals surface area contributed by atoms with Gasteiger partial charge in [-0.25, -0.2) is 9.59 Å². The van der Waals surface area contributed by atoms with Crippen LogP contribution in [0.15, 0.2) is 36.4 Å². The predicted molar refractivity (Wildman–Crippen MR) is 109 cm³/mol. The van der Waals surface area contributed by atoms with Crippen molar-refractivity contribution < 1.29 is 19.1 Å². The van der Waals surface area contributed by atoms with Crippen LogP contribution in [0.5, 0.6) is 5.75 Å². The number of carbonyl (C=O) groups excluding carboxylic acids is 2. The summed E-state index contributed by atoms with van der Waals surface area (Å²) >= 11 is 7.25. The first-order valence-corrected chi connectivity index (χ1v) is 9.15. The Hall–Kier alpha value is -2.77. The molecule has 0 unspecified atom stereocenters. The van der Waals surface area contributed by atoms with Gasteiger partial charge in [-0.2, -0.15) is 0 Å². The molecule has 0 bridgehead atoms. The van der Waals surface area contributed by atoms with E-state index in [0.29, 0.717) is 27.0 Å². The van der Waals surface area contributed by atoms with Gasteiger partial charge in [-0.15, -0.1) is 11.3 Å². The molecule has 1 heterocycles. The molecule has 2 N–H and O–H groups in total. The van der Waals surface area contributed by atoms with Gasteiger partial charge >= 0.3 is 12.0 Å². The Morgan fingerprint density at radius 3 is 2.56 bits per heavy atom. The molecule has 0 spiro atoms. The predicted octanol–water partition coefficient (Wildman–Crippen LogP) is 5.30. The Labute approximate surface area is 165 Å². The van der Waals surface area contributed by atoms with Crippen LogP contribution in [0.2, 0.25) is 5.02 Å². The van der Waals surface area contributed by atoms with Gasteiger partial charge in [0.1, 0.15) is 0 Å². The van der Waals surface area contributed by atoms with E-state index >= 15 is 0 Å². The van der Waals surface area contributed by atoms with Crippen LogP contribution in [-0.4, -0.2) is 26.2 Å². The van der Waals surface area contributed by atoms with Gasteiger partial charge in [0.15, 0.2) is 10.6 Å². The van der Waals surface area contributed by atoms with Gasteiger partial charge in [-0.05, 0) is 42.8 Å². The van der Waals surface area contributed by atoms with Gasteiger partial charge < -0.3 is 20.1 Å². The highest BCUT2D eigenvalue weighted by Crippen LogP contribution is 2.39. The number of nitrogens with one attached hydrogen (secondary N) is 2. The van der Waals surface area contributed by atoms with Crippen molar-refractivity contribution in [3.05, 3.63) is 51.9 Å². The lowest BCUT2D eigenvalue weighted by Crippen LogP contribution is -2.19. The number of aryl methyl sites for hydroxylation is 1. The fourth-order valence-electron chi connectivity index (χ4n) is 2.60. The molecule has 0 radical (unpaired) electrons. The maximum atomic E-state index is 12.3. The number of rotatable bonds is 4. The molecule has 0 aliphatic carbocycles. The van der Waals surface area contributed by atoms with Crippen molar-refractivity contribution in [3.63, 3.8) is 0 Å². The molecule has 140 valence electrons. The highest BCUT2D eigenvalue weighted by atomic mass is 35.5. The van der Waals surface area contributed by atoms with Crippen LogP contribution in [0.3, 0.4) is 0 Å². The van der Waals surface area contributed by atoms with Crippen LogP contribution in [-0.2, 0) is 4.74 Å². The number of methoxy groups -OCH3 is 2.